The Labute approximate surface area is 146 Å². The molecule has 1 aromatic heterocycles. The number of benzene rings is 1. The number of pyridine rings is 1. The van der Waals surface area contributed by atoms with Crippen molar-refractivity contribution >= 4 is 11.9 Å². The van der Waals surface area contributed by atoms with Gasteiger partial charge in [0.05, 0.1) is 30.2 Å². The van der Waals surface area contributed by atoms with Crippen LogP contribution in [-0.4, -0.2) is 35.2 Å². The van der Waals surface area contributed by atoms with Gasteiger partial charge in [0.1, 0.15) is 5.56 Å². The molecule has 0 saturated carbocycles. The number of aromatic nitrogens is 1. The Bertz CT molecular complexity index is 771. The Morgan fingerprint density at radius 3 is 2.12 bits per heavy atom. The zero-order chi connectivity index (χ0) is 18.4. The maximum absolute atomic E-state index is 12.5. The average molecular weight is 343 g/mol. The van der Waals surface area contributed by atoms with Crippen molar-refractivity contribution in [1.82, 2.24) is 4.98 Å². The molecule has 0 spiro atoms. The van der Waals surface area contributed by atoms with Crippen LogP contribution in [0.25, 0.3) is 0 Å². The van der Waals surface area contributed by atoms with Gasteiger partial charge in [0.25, 0.3) is 0 Å². The topological polar surface area (TPSA) is 85.7 Å². The molecular weight excluding hydrogens is 322 g/mol. The van der Waals surface area contributed by atoms with E-state index in [4.69, 9.17) is 9.47 Å². The Kier molecular flexibility index (Phi) is 6.11. The van der Waals surface area contributed by atoms with Crippen LogP contribution in [0.5, 0.6) is 5.75 Å². The molecule has 0 fully saturated rings. The van der Waals surface area contributed by atoms with E-state index >= 15 is 0 Å². The van der Waals surface area contributed by atoms with Crippen molar-refractivity contribution in [3.63, 3.8) is 0 Å². The number of nitrogens with zero attached hydrogens (tertiary/aromatic N) is 1. The Hall–Kier alpha value is -2.89. The van der Waals surface area contributed by atoms with Crippen molar-refractivity contribution in [2.75, 3.05) is 13.2 Å². The molecule has 0 aliphatic heterocycles. The molecule has 2 aromatic rings. The van der Waals surface area contributed by atoms with Gasteiger partial charge >= 0.3 is 11.9 Å². The van der Waals surface area contributed by atoms with Crippen LogP contribution in [0, 0.1) is 6.92 Å². The van der Waals surface area contributed by atoms with Gasteiger partial charge in [-0.05, 0) is 26.3 Å². The van der Waals surface area contributed by atoms with Gasteiger partial charge in [-0.2, -0.15) is 0 Å². The Balaban J connectivity index is 2.64. The summed E-state index contributed by atoms with van der Waals surface area (Å²) in [5.74, 6) is -1.85. The minimum Gasteiger partial charge on any atom is -0.505 e. The van der Waals surface area contributed by atoms with Crippen LogP contribution in [0.15, 0.2) is 30.3 Å². The number of carbonyl (C=O) groups excluding carboxylic acids is 2. The quantitative estimate of drug-likeness (QED) is 0.812. The summed E-state index contributed by atoms with van der Waals surface area (Å²) in [6.07, 6.45) is 0.322. The number of carbonyl (C=O) groups is 2. The molecule has 6 heteroatoms. The van der Waals surface area contributed by atoms with E-state index in [9.17, 15) is 14.7 Å². The Morgan fingerprint density at radius 1 is 1.00 bits per heavy atom. The van der Waals surface area contributed by atoms with E-state index in [1.54, 1.807) is 20.8 Å². The molecular formula is C19H21NO5. The highest BCUT2D eigenvalue weighted by Gasteiger charge is 2.29. The van der Waals surface area contributed by atoms with Crippen molar-refractivity contribution in [3.05, 3.63) is 58.4 Å². The van der Waals surface area contributed by atoms with Crippen LogP contribution in [0.1, 0.15) is 51.5 Å². The molecule has 0 saturated heterocycles. The lowest BCUT2D eigenvalue weighted by atomic mass is 9.99. The lowest BCUT2D eigenvalue weighted by Crippen LogP contribution is -2.19. The van der Waals surface area contributed by atoms with Gasteiger partial charge in [0.15, 0.2) is 5.75 Å². The molecule has 132 valence electrons. The highest BCUT2D eigenvalue weighted by molar-refractivity contribution is 6.06. The van der Waals surface area contributed by atoms with E-state index in [1.807, 2.05) is 30.3 Å². The normalized spacial score (nSPS) is 10.4. The third kappa shape index (κ3) is 4.15. The molecule has 2 rings (SSSR count). The minimum absolute atomic E-state index is 0.0488. The predicted molar refractivity (Wildman–Crippen MR) is 91.8 cm³/mol. The molecule has 0 unspecified atom stereocenters. The highest BCUT2D eigenvalue weighted by Crippen LogP contribution is 2.29. The molecule has 25 heavy (non-hydrogen) atoms. The molecule has 0 bridgehead atoms. The third-order valence-electron chi connectivity index (χ3n) is 3.59. The summed E-state index contributed by atoms with van der Waals surface area (Å²) in [7, 11) is 0. The fraction of sp³-hybridized carbons (Fsp3) is 0.316. The van der Waals surface area contributed by atoms with Crippen LogP contribution < -0.4 is 0 Å². The zero-order valence-corrected chi connectivity index (χ0v) is 14.5. The van der Waals surface area contributed by atoms with Crippen molar-refractivity contribution in [2.24, 2.45) is 0 Å². The average Bonchev–Trinajstić information content (AvgIpc) is 2.58. The summed E-state index contributed by atoms with van der Waals surface area (Å²) in [5, 5.41) is 10.3. The highest BCUT2D eigenvalue weighted by atomic mass is 16.5. The molecule has 1 heterocycles. The standard InChI is InChI=1S/C19H21NO5/c1-4-24-18(22)15-14(11-13-9-7-6-8-10-13)20-12(3)17(21)16(15)19(23)25-5-2/h6-10,21H,4-5,11H2,1-3H3. The number of hydrogen-bond donors (Lipinski definition) is 1. The monoisotopic (exact) mass is 343 g/mol. The van der Waals surface area contributed by atoms with Gasteiger partial charge in [0.2, 0.25) is 0 Å². The van der Waals surface area contributed by atoms with Gasteiger partial charge in [0, 0.05) is 6.42 Å². The van der Waals surface area contributed by atoms with Crippen LogP contribution in [-0.2, 0) is 15.9 Å². The van der Waals surface area contributed by atoms with Crippen LogP contribution in [0.2, 0.25) is 0 Å². The zero-order valence-electron chi connectivity index (χ0n) is 14.5. The SMILES string of the molecule is CCOC(=O)c1c(Cc2ccccc2)nc(C)c(O)c1C(=O)OCC. The van der Waals surface area contributed by atoms with Crippen molar-refractivity contribution < 1.29 is 24.2 Å². The molecule has 1 aromatic carbocycles. The summed E-state index contributed by atoms with van der Waals surface area (Å²) < 4.78 is 10.1. The van der Waals surface area contributed by atoms with E-state index < -0.39 is 11.9 Å². The van der Waals surface area contributed by atoms with Crippen LogP contribution in [0.4, 0.5) is 0 Å². The third-order valence-corrected chi connectivity index (χ3v) is 3.59. The molecule has 0 aliphatic rings. The van der Waals surface area contributed by atoms with Crippen LogP contribution in [0.3, 0.4) is 0 Å². The lowest BCUT2D eigenvalue weighted by Gasteiger charge is -2.15. The molecule has 6 nitrogen and oxygen atoms in total. The second-order valence-electron chi connectivity index (χ2n) is 5.35. The number of aryl methyl sites for hydroxylation is 1. The summed E-state index contributed by atoms with van der Waals surface area (Å²) in [5.41, 5.74) is 1.29. The maximum atomic E-state index is 12.5. The molecule has 0 aliphatic carbocycles. The second kappa shape index (κ2) is 8.28. The number of hydrogen-bond acceptors (Lipinski definition) is 6. The first-order valence-corrected chi connectivity index (χ1v) is 8.10. The van der Waals surface area contributed by atoms with Gasteiger partial charge < -0.3 is 14.6 Å². The minimum atomic E-state index is -0.775. The van der Waals surface area contributed by atoms with Gasteiger partial charge in [-0.3, -0.25) is 4.98 Å². The fourth-order valence-corrected chi connectivity index (χ4v) is 2.50. The van der Waals surface area contributed by atoms with E-state index in [0.717, 1.165) is 5.56 Å². The summed E-state index contributed by atoms with van der Waals surface area (Å²) >= 11 is 0. The van der Waals surface area contributed by atoms with Gasteiger partial charge in [-0.25, -0.2) is 9.59 Å². The van der Waals surface area contributed by atoms with Crippen molar-refractivity contribution in [3.8, 4) is 5.75 Å². The number of rotatable bonds is 6. The van der Waals surface area contributed by atoms with Crippen molar-refractivity contribution in [2.45, 2.75) is 27.2 Å². The predicted octanol–water partition coefficient (Wildman–Crippen LogP) is 3.04. The Morgan fingerprint density at radius 2 is 1.56 bits per heavy atom. The van der Waals surface area contributed by atoms with Gasteiger partial charge in [-0.15, -0.1) is 0 Å². The smallest absolute Gasteiger partial charge is 0.342 e. The van der Waals surface area contributed by atoms with E-state index in [0.29, 0.717) is 12.1 Å². The van der Waals surface area contributed by atoms with Crippen molar-refractivity contribution in [1.29, 1.82) is 0 Å². The largest absolute Gasteiger partial charge is 0.505 e. The first-order chi connectivity index (χ1) is 12.0. The van der Waals surface area contributed by atoms with Crippen LogP contribution >= 0.6 is 0 Å². The fourth-order valence-electron chi connectivity index (χ4n) is 2.50. The maximum Gasteiger partial charge on any atom is 0.342 e. The summed E-state index contributed by atoms with van der Waals surface area (Å²) in [6.45, 7) is 5.15. The molecule has 0 atom stereocenters. The number of esters is 2. The first-order valence-electron chi connectivity index (χ1n) is 8.10. The summed E-state index contributed by atoms with van der Waals surface area (Å²) in [4.78, 5) is 29.1. The van der Waals surface area contributed by atoms with E-state index in [2.05, 4.69) is 4.98 Å². The van der Waals surface area contributed by atoms with E-state index in [1.165, 1.54) is 0 Å². The van der Waals surface area contributed by atoms with Gasteiger partial charge in [-0.1, -0.05) is 30.3 Å². The number of ether oxygens (including phenoxy) is 2. The summed E-state index contributed by atoms with van der Waals surface area (Å²) in [6, 6.07) is 9.42. The lowest BCUT2D eigenvalue weighted by molar-refractivity contribution is 0.0473. The molecule has 1 N–H and O–H groups in total. The second-order valence-corrected chi connectivity index (χ2v) is 5.35. The first kappa shape index (κ1) is 18.4. The molecule has 0 amide bonds. The molecule has 0 radical (unpaired) electrons. The number of aromatic hydroxyl groups is 1. The van der Waals surface area contributed by atoms with E-state index in [-0.39, 0.29) is 35.8 Å².